The van der Waals surface area contributed by atoms with E-state index in [-0.39, 0.29) is 40.3 Å². The number of likely N-dealkylation sites (tertiary alicyclic amines) is 1. The molecule has 0 spiro atoms. The number of sulfonamides is 1. The van der Waals surface area contributed by atoms with Crippen molar-refractivity contribution in [2.24, 2.45) is 11.8 Å². The van der Waals surface area contributed by atoms with E-state index in [1.54, 1.807) is 17.0 Å². The van der Waals surface area contributed by atoms with E-state index < -0.39 is 10.0 Å². The standard InChI is InChI=1S/C22H33N3O5S/c1-15-11-16(2)14-25(13-15)31(28,29)21-12-18(5-6-20(21)30-4)22(27)24-9-7-19(8-10-24)23-17(3)26/h5-6,12,15-16,19H,7-11,13-14H2,1-4H3,(H,23,26). The summed E-state index contributed by atoms with van der Waals surface area (Å²) < 4.78 is 33.7. The van der Waals surface area contributed by atoms with Gasteiger partial charge in [-0.15, -0.1) is 0 Å². The molecule has 0 saturated carbocycles. The van der Waals surface area contributed by atoms with E-state index in [9.17, 15) is 18.0 Å². The smallest absolute Gasteiger partial charge is 0.253 e. The fourth-order valence-corrected chi connectivity index (χ4v) is 6.51. The Morgan fingerprint density at radius 2 is 1.71 bits per heavy atom. The number of methoxy groups -OCH3 is 1. The minimum atomic E-state index is -3.79. The molecule has 2 amide bonds. The van der Waals surface area contributed by atoms with E-state index in [2.05, 4.69) is 19.2 Å². The van der Waals surface area contributed by atoms with Crippen LogP contribution in [0.3, 0.4) is 0 Å². The summed E-state index contributed by atoms with van der Waals surface area (Å²) in [6.07, 6.45) is 2.35. The lowest BCUT2D eigenvalue weighted by atomic mass is 9.94. The predicted molar refractivity (Wildman–Crippen MR) is 117 cm³/mol. The normalized spacial score (nSPS) is 23.4. The van der Waals surface area contributed by atoms with Crippen LogP contribution in [0.25, 0.3) is 0 Å². The maximum Gasteiger partial charge on any atom is 0.253 e. The summed E-state index contributed by atoms with van der Waals surface area (Å²) in [5.41, 5.74) is 0.329. The van der Waals surface area contributed by atoms with Crippen LogP contribution in [0.1, 0.15) is 50.4 Å². The number of rotatable bonds is 5. The third-order valence-corrected chi connectivity index (χ3v) is 7.91. The molecule has 2 aliphatic rings. The highest BCUT2D eigenvalue weighted by molar-refractivity contribution is 7.89. The summed E-state index contributed by atoms with van der Waals surface area (Å²) in [6, 6.07) is 4.68. The average Bonchev–Trinajstić information content (AvgIpc) is 2.72. The maximum atomic E-state index is 13.4. The number of amides is 2. The molecule has 9 heteroatoms. The van der Waals surface area contributed by atoms with Crippen LogP contribution >= 0.6 is 0 Å². The number of carbonyl (C=O) groups is 2. The van der Waals surface area contributed by atoms with E-state index in [1.807, 2.05) is 0 Å². The molecule has 8 nitrogen and oxygen atoms in total. The Balaban J connectivity index is 1.82. The number of hydrogen-bond acceptors (Lipinski definition) is 5. The van der Waals surface area contributed by atoms with Gasteiger partial charge in [0.05, 0.1) is 7.11 Å². The molecule has 0 bridgehead atoms. The predicted octanol–water partition coefficient (Wildman–Crippen LogP) is 2.10. The topological polar surface area (TPSA) is 96.0 Å². The van der Waals surface area contributed by atoms with Gasteiger partial charge in [-0.05, 0) is 49.3 Å². The Bertz CT molecular complexity index is 915. The highest BCUT2D eigenvalue weighted by atomic mass is 32.2. The second-order valence-corrected chi connectivity index (χ2v) is 10.8. The van der Waals surface area contributed by atoms with Gasteiger partial charge >= 0.3 is 0 Å². The summed E-state index contributed by atoms with van der Waals surface area (Å²) in [5, 5.41) is 2.89. The molecule has 31 heavy (non-hydrogen) atoms. The lowest BCUT2D eigenvalue weighted by Crippen LogP contribution is -2.46. The molecule has 2 saturated heterocycles. The SMILES string of the molecule is COc1ccc(C(=O)N2CCC(NC(C)=O)CC2)cc1S(=O)(=O)N1CC(C)CC(C)C1. The van der Waals surface area contributed by atoms with Gasteiger partial charge in [-0.2, -0.15) is 4.31 Å². The molecule has 1 aromatic carbocycles. The second kappa shape index (κ2) is 9.56. The monoisotopic (exact) mass is 451 g/mol. The van der Waals surface area contributed by atoms with Crippen LogP contribution in [-0.4, -0.2) is 68.8 Å². The van der Waals surface area contributed by atoms with Crippen molar-refractivity contribution in [3.8, 4) is 5.75 Å². The molecule has 2 aliphatic heterocycles. The molecule has 1 aromatic rings. The first-order valence-electron chi connectivity index (χ1n) is 10.9. The average molecular weight is 452 g/mol. The summed E-state index contributed by atoms with van der Waals surface area (Å²) >= 11 is 0. The van der Waals surface area contributed by atoms with Gasteiger partial charge in [0.2, 0.25) is 15.9 Å². The Morgan fingerprint density at radius 1 is 1.10 bits per heavy atom. The fourth-order valence-electron chi connectivity index (χ4n) is 4.65. The number of carbonyl (C=O) groups excluding carboxylic acids is 2. The molecule has 1 N–H and O–H groups in total. The quantitative estimate of drug-likeness (QED) is 0.740. The maximum absolute atomic E-state index is 13.4. The molecule has 0 radical (unpaired) electrons. The van der Waals surface area contributed by atoms with Gasteiger partial charge in [0.15, 0.2) is 0 Å². The first-order chi connectivity index (χ1) is 14.6. The third kappa shape index (κ3) is 5.38. The van der Waals surface area contributed by atoms with E-state index in [0.29, 0.717) is 44.6 Å². The van der Waals surface area contributed by atoms with Gasteiger partial charge in [0, 0.05) is 44.7 Å². The molecule has 2 atom stereocenters. The molecule has 172 valence electrons. The van der Waals surface area contributed by atoms with Gasteiger partial charge < -0.3 is 15.0 Å². The van der Waals surface area contributed by atoms with E-state index in [4.69, 9.17) is 4.74 Å². The van der Waals surface area contributed by atoms with Crippen molar-refractivity contribution in [2.45, 2.75) is 51.0 Å². The third-order valence-electron chi connectivity index (χ3n) is 6.05. The summed E-state index contributed by atoms with van der Waals surface area (Å²) in [4.78, 5) is 26.1. The molecule has 2 unspecified atom stereocenters. The number of piperidine rings is 2. The van der Waals surface area contributed by atoms with Crippen molar-refractivity contribution in [3.05, 3.63) is 23.8 Å². The van der Waals surface area contributed by atoms with Crippen molar-refractivity contribution >= 4 is 21.8 Å². The number of benzene rings is 1. The van der Waals surface area contributed by atoms with Crippen molar-refractivity contribution in [3.63, 3.8) is 0 Å². The minimum absolute atomic E-state index is 0.0373. The Kier molecular flexibility index (Phi) is 7.26. The molecule has 0 aliphatic carbocycles. The zero-order valence-electron chi connectivity index (χ0n) is 18.8. The number of nitrogens with zero attached hydrogens (tertiary/aromatic N) is 2. The number of nitrogens with one attached hydrogen (secondary N) is 1. The van der Waals surface area contributed by atoms with Crippen LogP contribution in [-0.2, 0) is 14.8 Å². The van der Waals surface area contributed by atoms with Crippen LogP contribution in [0.5, 0.6) is 5.75 Å². The lowest BCUT2D eigenvalue weighted by molar-refractivity contribution is -0.119. The van der Waals surface area contributed by atoms with Crippen molar-refractivity contribution in [1.82, 2.24) is 14.5 Å². The molecule has 0 aromatic heterocycles. The van der Waals surface area contributed by atoms with Crippen molar-refractivity contribution < 1.29 is 22.7 Å². The first kappa shape index (κ1) is 23.5. The van der Waals surface area contributed by atoms with Gasteiger partial charge in [-0.3, -0.25) is 9.59 Å². The van der Waals surface area contributed by atoms with Crippen LogP contribution in [0.15, 0.2) is 23.1 Å². The summed E-state index contributed by atoms with van der Waals surface area (Å²) in [7, 11) is -2.35. The van der Waals surface area contributed by atoms with Gasteiger partial charge in [-0.1, -0.05) is 13.8 Å². The number of ether oxygens (including phenoxy) is 1. The van der Waals surface area contributed by atoms with Crippen LogP contribution in [0.2, 0.25) is 0 Å². The molecule has 2 fully saturated rings. The fraction of sp³-hybridized carbons (Fsp3) is 0.636. The zero-order chi connectivity index (χ0) is 22.8. The van der Waals surface area contributed by atoms with E-state index >= 15 is 0 Å². The van der Waals surface area contributed by atoms with Crippen LogP contribution in [0.4, 0.5) is 0 Å². The lowest BCUT2D eigenvalue weighted by Gasteiger charge is -2.34. The Labute approximate surface area is 185 Å². The molecule has 3 rings (SSSR count). The van der Waals surface area contributed by atoms with Crippen LogP contribution in [0, 0.1) is 11.8 Å². The first-order valence-corrected chi connectivity index (χ1v) is 12.3. The van der Waals surface area contributed by atoms with Gasteiger partial charge in [0.25, 0.3) is 5.91 Å². The number of hydrogen-bond donors (Lipinski definition) is 1. The minimum Gasteiger partial charge on any atom is -0.495 e. The van der Waals surface area contributed by atoms with Crippen molar-refractivity contribution in [2.75, 3.05) is 33.3 Å². The Morgan fingerprint density at radius 3 is 2.26 bits per heavy atom. The second-order valence-electron chi connectivity index (χ2n) is 8.90. The summed E-state index contributed by atoms with van der Waals surface area (Å²) in [5.74, 6) is 0.516. The summed E-state index contributed by atoms with van der Waals surface area (Å²) in [6.45, 7) is 7.55. The highest BCUT2D eigenvalue weighted by Gasteiger charge is 2.34. The molecule has 2 heterocycles. The van der Waals surface area contributed by atoms with E-state index in [0.717, 1.165) is 6.42 Å². The largest absolute Gasteiger partial charge is 0.495 e. The van der Waals surface area contributed by atoms with E-state index in [1.165, 1.54) is 24.4 Å². The van der Waals surface area contributed by atoms with Gasteiger partial charge in [0.1, 0.15) is 10.6 Å². The van der Waals surface area contributed by atoms with Crippen molar-refractivity contribution in [1.29, 1.82) is 0 Å². The van der Waals surface area contributed by atoms with Gasteiger partial charge in [-0.25, -0.2) is 8.42 Å². The highest BCUT2D eigenvalue weighted by Crippen LogP contribution is 2.32. The Hall–Kier alpha value is -2.13. The zero-order valence-corrected chi connectivity index (χ0v) is 19.6. The molecular formula is C22H33N3O5S. The molecular weight excluding hydrogens is 418 g/mol. The van der Waals surface area contributed by atoms with Crippen LogP contribution < -0.4 is 10.1 Å².